The van der Waals surface area contributed by atoms with Gasteiger partial charge >= 0.3 is 0 Å². The fraction of sp³-hybridized carbons (Fsp3) is 0.857. The predicted octanol–water partition coefficient (Wildman–Crippen LogP) is -0.878. The molecule has 5 N–H and O–H groups in total. The molecule has 1 amide bonds. The second kappa shape index (κ2) is 8.45. The molecule has 0 aromatic heterocycles. The molecule has 0 unspecified atom stereocenters. The first-order chi connectivity index (χ1) is 5.81. The lowest BCUT2D eigenvalue weighted by Gasteiger charge is -2.02. The molecule has 12 heavy (non-hydrogen) atoms. The van der Waals surface area contributed by atoms with Crippen LogP contribution in [-0.2, 0) is 9.63 Å². The quantitative estimate of drug-likeness (QED) is 0.346. The van der Waals surface area contributed by atoms with Crippen molar-refractivity contribution in [3.8, 4) is 0 Å². The van der Waals surface area contributed by atoms with Crippen molar-refractivity contribution in [1.82, 2.24) is 5.32 Å². The number of nitrogens with one attached hydrogen (secondary N) is 1. The van der Waals surface area contributed by atoms with Crippen LogP contribution in [0.3, 0.4) is 0 Å². The Bertz CT molecular complexity index is 119. The summed E-state index contributed by atoms with van der Waals surface area (Å²) in [5.74, 6) is 4.82. The third-order valence-electron chi connectivity index (χ3n) is 1.38. The Morgan fingerprint density at radius 1 is 1.42 bits per heavy atom. The standard InChI is InChI=1S/C7H17N3O2/c8-4-3-7(11)10-5-1-2-6-12-9/h1-6,8-9H2,(H,10,11). The van der Waals surface area contributed by atoms with Crippen LogP contribution in [0, 0.1) is 0 Å². The molecule has 0 spiro atoms. The van der Waals surface area contributed by atoms with Crippen LogP contribution in [0.15, 0.2) is 0 Å². The van der Waals surface area contributed by atoms with Gasteiger partial charge in [-0.2, -0.15) is 0 Å². The zero-order chi connectivity index (χ0) is 9.23. The summed E-state index contributed by atoms with van der Waals surface area (Å²) in [5.41, 5.74) is 5.18. The monoisotopic (exact) mass is 175 g/mol. The van der Waals surface area contributed by atoms with Crippen molar-refractivity contribution in [3.05, 3.63) is 0 Å². The number of nitrogens with two attached hydrogens (primary N) is 2. The van der Waals surface area contributed by atoms with Gasteiger partial charge in [-0.15, -0.1) is 0 Å². The number of carbonyl (C=O) groups is 1. The van der Waals surface area contributed by atoms with Crippen molar-refractivity contribution < 1.29 is 9.63 Å². The molecule has 0 fully saturated rings. The Morgan fingerprint density at radius 3 is 2.75 bits per heavy atom. The average Bonchev–Trinajstić information content (AvgIpc) is 2.05. The molecule has 0 rings (SSSR count). The molecular formula is C7H17N3O2. The lowest BCUT2D eigenvalue weighted by molar-refractivity contribution is -0.120. The fourth-order valence-corrected chi connectivity index (χ4v) is 0.758. The van der Waals surface area contributed by atoms with E-state index in [4.69, 9.17) is 11.6 Å². The number of carbonyl (C=O) groups excluding carboxylic acids is 1. The molecule has 0 aromatic rings. The summed E-state index contributed by atoms with van der Waals surface area (Å²) in [6.07, 6.45) is 2.14. The minimum absolute atomic E-state index is 0.00571. The Kier molecular flexibility index (Phi) is 7.99. The van der Waals surface area contributed by atoms with Gasteiger partial charge in [0, 0.05) is 19.5 Å². The fourth-order valence-electron chi connectivity index (χ4n) is 0.758. The molecular weight excluding hydrogens is 158 g/mol. The molecule has 0 bridgehead atoms. The van der Waals surface area contributed by atoms with E-state index in [1.165, 1.54) is 0 Å². The maximum atomic E-state index is 10.8. The number of amides is 1. The van der Waals surface area contributed by atoms with Gasteiger partial charge in [-0.25, -0.2) is 5.90 Å². The van der Waals surface area contributed by atoms with Crippen molar-refractivity contribution >= 4 is 5.91 Å². The molecule has 0 atom stereocenters. The maximum Gasteiger partial charge on any atom is 0.221 e. The van der Waals surface area contributed by atoms with Crippen LogP contribution in [0.4, 0.5) is 0 Å². The first-order valence-corrected chi connectivity index (χ1v) is 4.09. The zero-order valence-electron chi connectivity index (χ0n) is 7.21. The highest BCUT2D eigenvalue weighted by molar-refractivity contribution is 5.75. The van der Waals surface area contributed by atoms with Gasteiger partial charge < -0.3 is 15.9 Å². The first-order valence-electron chi connectivity index (χ1n) is 4.09. The van der Waals surface area contributed by atoms with Gasteiger partial charge in [0.25, 0.3) is 0 Å². The van der Waals surface area contributed by atoms with E-state index in [1.54, 1.807) is 0 Å². The van der Waals surface area contributed by atoms with Gasteiger partial charge in [0.15, 0.2) is 0 Å². The molecule has 0 aliphatic rings. The molecule has 0 radical (unpaired) electrons. The van der Waals surface area contributed by atoms with Crippen molar-refractivity contribution in [2.24, 2.45) is 11.6 Å². The smallest absolute Gasteiger partial charge is 0.221 e. The molecule has 0 saturated carbocycles. The minimum atomic E-state index is 0.00571. The highest BCUT2D eigenvalue weighted by atomic mass is 16.6. The molecule has 0 aliphatic carbocycles. The largest absolute Gasteiger partial charge is 0.356 e. The van der Waals surface area contributed by atoms with Gasteiger partial charge in [0.1, 0.15) is 0 Å². The van der Waals surface area contributed by atoms with Crippen LogP contribution < -0.4 is 16.9 Å². The zero-order valence-corrected chi connectivity index (χ0v) is 7.21. The van der Waals surface area contributed by atoms with E-state index < -0.39 is 0 Å². The molecule has 0 aromatic carbocycles. The predicted molar refractivity (Wildman–Crippen MR) is 46.1 cm³/mol. The van der Waals surface area contributed by atoms with Gasteiger partial charge in [0.05, 0.1) is 6.61 Å². The van der Waals surface area contributed by atoms with Gasteiger partial charge in [0.2, 0.25) is 5.91 Å². The molecule has 5 heteroatoms. The van der Waals surface area contributed by atoms with Crippen LogP contribution >= 0.6 is 0 Å². The van der Waals surface area contributed by atoms with Gasteiger partial charge in [-0.3, -0.25) is 4.79 Å². The molecule has 5 nitrogen and oxygen atoms in total. The molecule has 0 aliphatic heterocycles. The van der Waals surface area contributed by atoms with E-state index >= 15 is 0 Å². The molecule has 0 heterocycles. The summed E-state index contributed by atoms with van der Waals surface area (Å²) in [6, 6.07) is 0. The van der Waals surface area contributed by atoms with Gasteiger partial charge in [-0.1, -0.05) is 0 Å². The normalized spacial score (nSPS) is 9.83. The summed E-state index contributed by atoms with van der Waals surface area (Å²) in [5, 5.41) is 2.73. The third-order valence-corrected chi connectivity index (χ3v) is 1.38. The van der Waals surface area contributed by atoms with Crippen molar-refractivity contribution in [3.63, 3.8) is 0 Å². The van der Waals surface area contributed by atoms with Crippen molar-refractivity contribution in [1.29, 1.82) is 0 Å². The Morgan fingerprint density at radius 2 is 2.17 bits per heavy atom. The Balaban J connectivity index is 3.03. The number of hydrogen-bond donors (Lipinski definition) is 3. The van der Waals surface area contributed by atoms with Crippen LogP contribution in [0.25, 0.3) is 0 Å². The average molecular weight is 175 g/mol. The SMILES string of the molecule is NCCC(=O)NCCCCON. The Hall–Kier alpha value is -0.650. The van der Waals surface area contributed by atoms with Crippen LogP contribution in [0.1, 0.15) is 19.3 Å². The second-order valence-corrected chi connectivity index (χ2v) is 2.47. The summed E-state index contributed by atoms with van der Waals surface area (Å²) < 4.78 is 0. The van der Waals surface area contributed by atoms with Gasteiger partial charge in [-0.05, 0) is 12.8 Å². The highest BCUT2D eigenvalue weighted by Crippen LogP contribution is 1.86. The van der Waals surface area contributed by atoms with Crippen LogP contribution in [0.5, 0.6) is 0 Å². The maximum absolute atomic E-state index is 10.8. The highest BCUT2D eigenvalue weighted by Gasteiger charge is 1.96. The summed E-state index contributed by atoms with van der Waals surface area (Å²) in [7, 11) is 0. The summed E-state index contributed by atoms with van der Waals surface area (Å²) >= 11 is 0. The van der Waals surface area contributed by atoms with E-state index in [1.807, 2.05) is 0 Å². The van der Waals surface area contributed by atoms with Crippen LogP contribution in [-0.4, -0.2) is 25.6 Å². The molecule has 0 saturated heterocycles. The minimum Gasteiger partial charge on any atom is -0.356 e. The van der Waals surface area contributed by atoms with E-state index in [0.717, 1.165) is 12.8 Å². The van der Waals surface area contributed by atoms with Crippen LogP contribution in [0.2, 0.25) is 0 Å². The summed E-state index contributed by atoms with van der Waals surface area (Å²) in [6.45, 7) is 1.60. The Labute approximate surface area is 72.4 Å². The molecule has 72 valence electrons. The lowest BCUT2D eigenvalue weighted by atomic mass is 10.3. The van der Waals surface area contributed by atoms with Crippen molar-refractivity contribution in [2.75, 3.05) is 19.7 Å². The van der Waals surface area contributed by atoms with E-state index in [2.05, 4.69) is 10.2 Å². The number of hydrogen-bond acceptors (Lipinski definition) is 4. The third kappa shape index (κ3) is 7.46. The van der Waals surface area contributed by atoms with E-state index in [9.17, 15) is 4.79 Å². The second-order valence-electron chi connectivity index (χ2n) is 2.47. The number of rotatable bonds is 7. The lowest BCUT2D eigenvalue weighted by Crippen LogP contribution is -2.26. The first kappa shape index (κ1) is 11.4. The number of unbranched alkanes of at least 4 members (excludes halogenated alkanes) is 1. The summed E-state index contributed by atoms with van der Waals surface area (Å²) in [4.78, 5) is 15.2. The van der Waals surface area contributed by atoms with E-state index in [0.29, 0.717) is 26.1 Å². The van der Waals surface area contributed by atoms with E-state index in [-0.39, 0.29) is 5.91 Å². The van der Waals surface area contributed by atoms with Crippen molar-refractivity contribution in [2.45, 2.75) is 19.3 Å². The topological polar surface area (TPSA) is 90.4 Å².